The van der Waals surface area contributed by atoms with Crippen molar-refractivity contribution in [1.82, 2.24) is 5.32 Å². The highest BCUT2D eigenvalue weighted by molar-refractivity contribution is 5.44. The van der Waals surface area contributed by atoms with E-state index in [0.29, 0.717) is 12.6 Å². The Morgan fingerprint density at radius 3 is 2.44 bits per heavy atom. The zero-order valence-electron chi connectivity index (χ0n) is 12.3. The normalized spacial score (nSPS) is 10.8. The van der Waals surface area contributed by atoms with Crippen molar-refractivity contribution < 1.29 is 4.74 Å². The zero-order valence-corrected chi connectivity index (χ0v) is 12.3. The molecule has 1 aromatic rings. The van der Waals surface area contributed by atoms with Crippen LogP contribution in [0.2, 0.25) is 0 Å². The molecule has 1 N–H and O–H groups in total. The van der Waals surface area contributed by atoms with Crippen LogP contribution in [0.4, 0.5) is 0 Å². The summed E-state index contributed by atoms with van der Waals surface area (Å²) in [4.78, 5) is 0. The first-order valence-electron chi connectivity index (χ1n) is 6.51. The van der Waals surface area contributed by atoms with Crippen LogP contribution >= 0.6 is 0 Å². The van der Waals surface area contributed by atoms with Crippen molar-refractivity contribution in [3.63, 3.8) is 0 Å². The molecule has 1 rings (SSSR count). The quantitative estimate of drug-likeness (QED) is 0.776. The number of rotatable bonds is 6. The van der Waals surface area contributed by atoms with Gasteiger partial charge >= 0.3 is 0 Å². The van der Waals surface area contributed by atoms with Crippen molar-refractivity contribution in [2.24, 2.45) is 0 Å². The minimum atomic E-state index is 0.476. The molecule has 18 heavy (non-hydrogen) atoms. The van der Waals surface area contributed by atoms with Gasteiger partial charge in [0.15, 0.2) is 0 Å². The van der Waals surface area contributed by atoms with Gasteiger partial charge in [0.1, 0.15) is 12.4 Å². The first-order chi connectivity index (χ1) is 8.41. The Bertz CT molecular complexity index is 421. The summed E-state index contributed by atoms with van der Waals surface area (Å²) < 4.78 is 5.90. The molecule has 0 atom stereocenters. The predicted molar refractivity (Wildman–Crippen MR) is 78.4 cm³/mol. The van der Waals surface area contributed by atoms with Crippen molar-refractivity contribution in [1.29, 1.82) is 0 Å². The van der Waals surface area contributed by atoms with E-state index < -0.39 is 0 Å². The summed E-state index contributed by atoms with van der Waals surface area (Å²) in [6.45, 7) is 16.0. The highest BCUT2D eigenvalue weighted by Gasteiger charge is 2.07. The van der Waals surface area contributed by atoms with Crippen LogP contribution in [0.3, 0.4) is 0 Å². The summed E-state index contributed by atoms with van der Waals surface area (Å²) >= 11 is 0. The average Bonchev–Trinajstić information content (AvgIpc) is 2.31. The van der Waals surface area contributed by atoms with Gasteiger partial charge in [-0.25, -0.2) is 0 Å². The van der Waals surface area contributed by atoms with Crippen molar-refractivity contribution in [3.05, 3.63) is 41.0 Å². The van der Waals surface area contributed by atoms with Gasteiger partial charge in [0.05, 0.1) is 0 Å². The summed E-state index contributed by atoms with van der Waals surface area (Å²) in [5, 5.41) is 3.34. The van der Waals surface area contributed by atoms with Crippen molar-refractivity contribution >= 4 is 0 Å². The second-order valence-corrected chi connectivity index (χ2v) is 5.23. The number of hydrogen-bond acceptors (Lipinski definition) is 2. The van der Waals surface area contributed by atoms with Gasteiger partial charge in [-0.2, -0.15) is 0 Å². The number of benzene rings is 1. The van der Waals surface area contributed by atoms with E-state index in [0.717, 1.165) is 17.9 Å². The monoisotopic (exact) mass is 247 g/mol. The van der Waals surface area contributed by atoms with Crippen molar-refractivity contribution in [3.8, 4) is 5.75 Å². The molecule has 2 nitrogen and oxygen atoms in total. The van der Waals surface area contributed by atoms with Crippen LogP contribution in [-0.4, -0.2) is 19.2 Å². The van der Waals surface area contributed by atoms with Gasteiger partial charge in [-0.15, -0.1) is 0 Å². The summed E-state index contributed by atoms with van der Waals surface area (Å²) in [5.41, 5.74) is 4.74. The predicted octanol–water partition coefficient (Wildman–Crippen LogP) is 3.54. The second kappa shape index (κ2) is 6.60. The summed E-state index contributed by atoms with van der Waals surface area (Å²) in [6.07, 6.45) is 0. The van der Waals surface area contributed by atoms with Gasteiger partial charge in [0.25, 0.3) is 0 Å². The molecule has 0 bridgehead atoms. The maximum atomic E-state index is 5.90. The zero-order chi connectivity index (χ0) is 13.7. The molecular weight excluding hydrogens is 222 g/mol. The van der Waals surface area contributed by atoms with E-state index in [2.05, 4.69) is 58.6 Å². The lowest BCUT2D eigenvalue weighted by Gasteiger charge is -2.16. The molecule has 0 fully saturated rings. The van der Waals surface area contributed by atoms with Crippen LogP contribution in [0.5, 0.6) is 5.75 Å². The highest BCUT2D eigenvalue weighted by atomic mass is 16.5. The third-order valence-corrected chi connectivity index (χ3v) is 3.05. The molecule has 0 aliphatic rings. The second-order valence-electron chi connectivity index (χ2n) is 5.23. The molecule has 0 radical (unpaired) electrons. The SMILES string of the molecule is C=C(CNC(C)C)COc1c(C)ccc(C)c1C. The lowest BCUT2D eigenvalue weighted by molar-refractivity contribution is 0.342. The number of aryl methyl sites for hydroxylation is 2. The third-order valence-electron chi connectivity index (χ3n) is 3.05. The van der Waals surface area contributed by atoms with E-state index in [1.54, 1.807) is 0 Å². The van der Waals surface area contributed by atoms with E-state index in [4.69, 9.17) is 4.74 Å². The maximum absolute atomic E-state index is 5.90. The molecule has 0 amide bonds. The van der Waals surface area contributed by atoms with E-state index in [9.17, 15) is 0 Å². The fourth-order valence-electron chi connectivity index (χ4n) is 1.72. The van der Waals surface area contributed by atoms with Gasteiger partial charge < -0.3 is 10.1 Å². The summed E-state index contributed by atoms with van der Waals surface area (Å²) in [5.74, 6) is 1.00. The molecule has 0 unspecified atom stereocenters. The van der Waals surface area contributed by atoms with Gasteiger partial charge in [0, 0.05) is 12.6 Å². The standard InChI is InChI=1S/C16H25NO/c1-11(2)17-9-12(3)10-18-16-14(5)8-7-13(4)15(16)6/h7-8,11,17H,3,9-10H2,1-2,4-6H3. The van der Waals surface area contributed by atoms with Gasteiger partial charge in [-0.1, -0.05) is 32.6 Å². The van der Waals surface area contributed by atoms with E-state index in [1.165, 1.54) is 16.7 Å². The van der Waals surface area contributed by atoms with Gasteiger partial charge in [-0.3, -0.25) is 0 Å². The Morgan fingerprint density at radius 2 is 1.83 bits per heavy atom. The smallest absolute Gasteiger partial charge is 0.125 e. The van der Waals surface area contributed by atoms with E-state index in [1.807, 2.05) is 0 Å². The molecule has 0 aliphatic carbocycles. The fourth-order valence-corrected chi connectivity index (χ4v) is 1.72. The summed E-state index contributed by atoms with van der Waals surface area (Å²) in [7, 11) is 0. The number of ether oxygens (including phenoxy) is 1. The Labute approximate surface area is 111 Å². The van der Waals surface area contributed by atoms with Gasteiger partial charge in [0.2, 0.25) is 0 Å². The topological polar surface area (TPSA) is 21.3 Å². The minimum absolute atomic E-state index is 0.476. The average molecular weight is 247 g/mol. The van der Waals surface area contributed by atoms with Crippen LogP contribution in [0.15, 0.2) is 24.3 Å². The molecule has 0 saturated heterocycles. The third kappa shape index (κ3) is 4.19. The fraction of sp³-hybridized carbons (Fsp3) is 0.500. The molecule has 0 saturated carbocycles. The first kappa shape index (κ1) is 14.8. The molecule has 100 valence electrons. The Hall–Kier alpha value is -1.28. The Balaban J connectivity index is 2.58. The highest BCUT2D eigenvalue weighted by Crippen LogP contribution is 2.25. The first-order valence-corrected chi connectivity index (χ1v) is 6.51. The summed E-state index contributed by atoms with van der Waals surface area (Å²) in [6, 6.07) is 4.71. The Morgan fingerprint density at radius 1 is 1.22 bits per heavy atom. The van der Waals surface area contributed by atoms with E-state index >= 15 is 0 Å². The number of nitrogens with one attached hydrogen (secondary N) is 1. The van der Waals surface area contributed by atoms with Crippen molar-refractivity contribution in [2.45, 2.75) is 40.7 Å². The largest absolute Gasteiger partial charge is 0.489 e. The van der Waals surface area contributed by atoms with Crippen LogP contribution in [-0.2, 0) is 0 Å². The van der Waals surface area contributed by atoms with E-state index in [-0.39, 0.29) is 0 Å². The van der Waals surface area contributed by atoms with Gasteiger partial charge in [-0.05, 0) is 43.0 Å². The molecule has 0 aromatic heterocycles. The Kier molecular flexibility index (Phi) is 5.42. The van der Waals surface area contributed by atoms with Crippen LogP contribution < -0.4 is 10.1 Å². The molecule has 0 heterocycles. The molecule has 2 heteroatoms. The molecule has 0 spiro atoms. The molecule has 1 aromatic carbocycles. The minimum Gasteiger partial charge on any atom is -0.489 e. The number of hydrogen-bond donors (Lipinski definition) is 1. The molecular formula is C16H25NO. The lowest BCUT2D eigenvalue weighted by atomic mass is 10.1. The van der Waals surface area contributed by atoms with Crippen LogP contribution in [0.25, 0.3) is 0 Å². The van der Waals surface area contributed by atoms with Crippen LogP contribution in [0, 0.1) is 20.8 Å². The molecule has 0 aliphatic heterocycles. The lowest BCUT2D eigenvalue weighted by Crippen LogP contribution is -2.26. The van der Waals surface area contributed by atoms with Crippen LogP contribution in [0.1, 0.15) is 30.5 Å². The van der Waals surface area contributed by atoms with Crippen molar-refractivity contribution in [2.75, 3.05) is 13.2 Å². The maximum Gasteiger partial charge on any atom is 0.125 e.